The number of aliphatic imine (C=N–C) groups is 1. The summed E-state index contributed by atoms with van der Waals surface area (Å²) in [5.41, 5.74) is 5.42. The van der Waals surface area contributed by atoms with Crippen molar-refractivity contribution in [1.82, 2.24) is 35.1 Å². The Morgan fingerprint density at radius 1 is 0.900 bits per heavy atom. The summed E-state index contributed by atoms with van der Waals surface area (Å²) in [6, 6.07) is 15.1. The second kappa shape index (κ2) is 19.0. The Morgan fingerprint density at radius 2 is 1.50 bits per heavy atom. The first-order valence-electron chi connectivity index (χ1n) is 20.3. The lowest BCUT2D eigenvalue weighted by Crippen LogP contribution is -2.52. The van der Waals surface area contributed by atoms with E-state index in [1.165, 1.54) is 20.4 Å². The predicted octanol–water partition coefficient (Wildman–Crippen LogP) is 9.35. The van der Waals surface area contributed by atoms with Gasteiger partial charge in [0.2, 0.25) is 11.8 Å². The van der Waals surface area contributed by atoms with Gasteiger partial charge in [0.25, 0.3) is 0 Å². The van der Waals surface area contributed by atoms with E-state index in [9.17, 15) is 19.2 Å². The zero-order valence-corrected chi connectivity index (χ0v) is 39.1. The van der Waals surface area contributed by atoms with E-state index in [2.05, 4.69) is 102 Å². The number of aromatic nitrogens is 4. The molecule has 1 saturated heterocycles. The molecule has 0 spiro atoms. The van der Waals surface area contributed by atoms with Crippen LogP contribution in [0.4, 0.5) is 9.59 Å². The van der Waals surface area contributed by atoms with Crippen molar-refractivity contribution in [2.24, 2.45) is 34.6 Å². The van der Waals surface area contributed by atoms with Gasteiger partial charge in [-0.3, -0.25) is 9.59 Å². The molecular weight excluding hydrogens is 943 g/mol. The summed E-state index contributed by atoms with van der Waals surface area (Å²) in [4.78, 5) is 76.1. The van der Waals surface area contributed by atoms with Gasteiger partial charge in [0.1, 0.15) is 28.0 Å². The molecule has 2 fully saturated rings. The van der Waals surface area contributed by atoms with Crippen LogP contribution in [0.3, 0.4) is 0 Å². The van der Waals surface area contributed by atoms with Gasteiger partial charge in [0.05, 0.1) is 42.0 Å². The number of alkyl carbamates (subject to hydrolysis) is 1. The number of alkyl halides is 1. The summed E-state index contributed by atoms with van der Waals surface area (Å²) in [6.45, 7) is 13.9. The SMILES string of the molecule is COC(=O)/N=C/C(C(=O)N([C@@H]1C[C@@H]1C)[C@@H](C)c1nc(-c2ccc(-c3ccc(-c4c[nH]c([C@@H]5C[C@@H](C)[C@@H](I)N5C(=O)[C@@H](NC(=O)OC)C(C)C)n4)cc3)cc2)c(Br)[nH]1)C(C)C. The number of nitrogens with zero attached hydrogens (tertiary/aromatic N) is 5. The third-order valence-corrected chi connectivity index (χ3v) is 14.0. The van der Waals surface area contributed by atoms with Crippen LogP contribution in [0.2, 0.25) is 0 Å². The normalized spacial score (nSPS) is 21.6. The lowest BCUT2D eigenvalue weighted by Gasteiger charge is -2.32. The molecule has 6 rings (SSSR count). The maximum absolute atomic E-state index is 14.0. The summed E-state index contributed by atoms with van der Waals surface area (Å²) in [7, 11) is 2.55. The topological polar surface area (TPSA) is 175 Å². The van der Waals surface area contributed by atoms with Crippen LogP contribution in [-0.2, 0) is 19.1 Å². The van der Waals surface area contributed by atoms with Gasteiger partial charge < -0.3 is 34.6 Å². The molecule has 60 heavy (non-hydrogen) atoms. The highest BCUT2D eigenvalue weighted by Gasteiger charge is 2.47. The Morgan fingerprint density at radius 3 is 2.05 bits per heavy atom. The minimum Gasteiger partial charge on any atom is -0.453 e. The molecule has 0 bridgehead atoms. The second-order valence-electron chi connectivity index (χ2n) is 16.5. The van der Waals surface area contributed by atoms with Crippen molar-refractivity contribution in [3.63, 3.8) is 0 Å². The third-order valence-electron chi connectivity index (χ3n) is 11.6. The zero-order chi connectivity index (χ0) is 43.6. The van der Waals surface area contributed by atoms with E-state index in [1.807, 2.05) is 74.9 Å². The summed E-state index contributed by atoms with van der Waals surface area (Å²) < 4.78 is 10.1. The standard InChI is InChI=1S/C44H54BrIN8O6/c1-22(2)31(20-48-43(57)59-8)41(55)53(33-18-24(33)5)26(7)39-50-36(37(45)52-39)30-16-12-28(13-17-30)27-10-14-29(15-11-27)32-21-47-40(49-32)34-19-25(6)38(46)54(34)42(56)35(23(3)4)51-44(58)60-9/h10-17,20-26,31,33-35,38H,18-19H2,1-9H3,(H,47,49)(H,50,52)(H,51,58)/b48-20+/t24-,25+,26-,31?,33+,34-,35-,38-/m0/s1. The minimum absolute atomic E-state index is 0.0647. The smallest absolute Gasteiger partial charge is 0.432 e. The number of halogens is 2. The number of rotatable bonds is 13. The molecule has 0 radical (unpaired) electrons. The van der Waals surface area contributed by atoms with E-state index in [4.69, 9.17) is 14.7 Å². The van der Waals surface area contributed by atoms with E-state index in [1.54, 1.807) is 0 Å². The third kappa shape index (κ3) is 9.64. The number of ether oxygens (including phenoxy) is 2. The fraction of sp³-hybridized carbons (Fsp3) is 0.477. The fourth-order valence-electron chi connectivity index (χ4n) is 7.82. The van der Waals surface area contributed by atoms with Crippen LogP contribution < -0.4 is 5.32 Å². The Bertz CT molecular complexity index is 2210. The molecule has 1 unspecified atom stereocenters. The van der Waals surface area contributed by atoms with Crippen LogP contribution in [0.5, 0.6) is 0 Å². The Hall–Kier alpha value is -4.58. The number of likely N-dealkylation sites (tertiary alicyclic amines) is 1. The average molecular weight is 998 g/mol. The number of H-pyrrole nitrogens is 2. The van der Waals surface area contributed by atoms with Gasteiger partial charge in [-0.05, 0) is 70.5 Å². The number of carbonyl (C=O) groups excluding carboxylic acids is 4. The highest BCUT2D eigenvalue weighted by Crippen LogP contribution is 2.44. The largest absolute Gasteiger partial charge is 0.453 e. The molecule has 1 aliphatic carbocycles. The molecule has 3 N–H and O–H groups in total. The van der Waals surface area contributed by atoms with Crippen LogP contribution in [0.1, 0.15) is 85.0 Å². The molecule has 1 saturated carbocycles. The lowest BCUT2D eigenvalue weighted by atomic mass is 9.94. The monoisotopic (exact) mass is 996 g/mol. The first-order chi connectivity index (χ1) is 28.5. The van der Waals surface area contributed by atoms with Gasteiger partial charge in [0, 0.05) is 29.6 Å². The van der Waals surface area contributed by atoms with Crippen molar-refractivity contribution in [1.29, 1.82) is 0 Å². The number of hydrogen-bond donors (Lipinski definition) is 3. The number of hydrogen-bond acceptors (Lipinski definition) is 8. The van der Waals surface area contributed by atoms with Crippen molar-refractivity contribution in [2.45, 2.75) is 89.5 Å². The Balaban J connectivity index is 1.16. The quantitative estimate of drug-likeness (QED) is 0.0514. The molecule has 320 valence electrons. The molecule has 14 nitrogen and oxygen atoms in total. The first kappa shape index (κ1) is 45.0. The van der Waals surface area contributed by atoms with Crippen LogP contribution >= 0.6 is 38.5 Å². The van der Waals surface area contributed by atoms with Gasteiger partial charge >= 0.3 is 12.2 Å². The van der Waals surface area contributed by atoms with E-state index >= 15 is 0 Å². The van der Waals surface area contributed by atoms with Crippen LogP contribution in [0.25, 0.3) is 33.6 Å². The molecule has 2 aliphatic rings. The van der Waals surface area contributed by atoms with Crippen LogP contribution in [0, 0.1) is 29.6 Å². The maximum Gasteiger partial charge on any atom is 0.432 e. The van der Waals surface area contributed by atoms with Crippen molar-refractivity contribution < 1.29 is 28.7 Å². The van der Waals surface area contributed by atoms with Crippen LogP contribution in [-0.4, -0.2) is 90.3 Å². The van der Waals surface area contributed by atoms with Crippen molar-refractivity contribution in [3.05, 3.63) is 71.0 Å². The van der Waals surface area contributed by atoms with Gasteiger partial charge in [-0.1, -0.05) is 113 Å². The number of aromatic amines is 2. The summed E-state index contributed by atoms with van der Waals surface area (Å²) in [6.07, 6.45) is 3.55. The Kier molecular flexibility index (Phi) is 14.2. The zero-order valence-electron chi connectivity index (χ0n) is 35.4. The fourth-order valence-corrected chi connectivity index (χ4v) is 9.30. The first-order valence-corrected chi connectivity index (χ1v) is 22.3. The van der Waals surface area contributed by atoms with Gasteiger partial charge in [-0.2, -0.15) is 4.99 Å². The van der Waals surface area contributed by atoms with Crippen molar-refractivity contribution in [3.8, 4) is 33.6 Å². The van der Waals surface area contributed by atoms with E-state index < -0.39 is 24.1 Å². The molecule has 16 heteroatoms. The van der Waals surface area contributed by atoms with Gasteiger partial charge in [-0.25, -0.2) is 19.6 Å². The number of methoxy groups -OCH3 is 2. The molecular formula is C44H54BrIN8O6. The molecule has 2 aromatic carbocycles. The molecule has 2 aromatic heterocycles. The maximum atomic E-state index is 14.0. The number of amides is 4. The molecule has 4 amide bonds. The molecule has 8 atom stereocenters. The van der Waals surface area contributed by atoms with Crippen LogP contribution in [0.15, 0.2) is 64.3 Å². The van der Waals surface area contributed by atoms with E-state index in [0.29, 0.717) is 17.6 Å². The molecule has 1 aliphatic heterocycles. The van der Waals surface area contributed by atoms with E-state index in [0.717, 1.165) is 51.1 Å². The predicted molar refractivity (Wildman–Crippen MR) is 242 cm³/mol. The highest BCUT2D eigenvalue weighted by molar-refractivity contribution is 14.1. The number of carbonyl (C=O) groups is 4. The van der Waals surface area contributed by atoms with Crippen molar-refractivity contribution in [2.75, 3.05) is 14.2 Å². The minimum atomic E-state index is -0.736. The lowest BCUT2D eigenvalue weighted by molar-refractivity contribution is -0.138. The number of nitrogens with one attached hydrogen (secondary N) is 3. The second-order valence-corrected chi connectivity index (χ2v) is 18.6. The Labute approximate surface area is 373 Å². The highest BCUT2D eigenvalue weighted by atomic mass is 127. The molecule has 3 heterocycles. The average Bonchev–Trinajstić information content (AvgIpc) is 3.52. The summed E-state index contributed by atoms with van der Waals surface area (Å²) in [5.74, 6) is 0.883. The molecule has 4 aromatic rings. The van der Waals surface area contributed by atoms with Gasteiger partial charge in [-0.15, -0.1) is 0 Å². The van der Waals surface area contributed by atoms with Crippen molar-refractivity contribution >= 4 is 68.7 Å². The van der Waals surface area contributed by atoms with Gasteiger partial charge in [0.15, 0.2) is 0 Å². The summed E-state index contributed by atoms with van der Waals surface area (Å²) >= 11 is 6.00. The number of benzene rings is 2. The number of imidazole rings is 2. The van der Waals surface area contributed by atoms with E-state index in [-0.39, 0.29) is 51.7 Å². The summed E-state index contributed by atoms with van der Waals surface area (Å²) in [5, 5.41) is 2.73.